The number of aliphatic hydroxyl groups excluding tert-OH is 1. The highest BCUT2D eigenvalue weighted by Crippen LogP contribution is 2.33. The highest BCUT2D eigenvalue weighted by atomic mass is 16.5. The van der Waals surface area contributed by atoms with Crippen LogP contribution >= 0.6 is 0 Å². The van der Waals surface area contributed by atoms with E-state index in [0.717, 1.165) is 51.0 Å². The van der Waals surface area contributed by atoms with Crippen LogP contribution in [0.15, 0.2) is 51.3 Å². The predicted molar refractivity (Wildman–Crippen MR) is 134 cm³/mol. The second-order valence-electron chi connectivity index (χ2n) is 9.78. The molecule has 0 bridgehead atoms. The number of benzene rings is 2. The molecule has 188 valence electrons. The van der Waals surface area contributed by atoms with Gasteiger partial charge >= 0.3 is 0 Å². The molecule has 2 aliphatic heterocycles. The Labute approximate surface area is 209 Å². The number of furan rings is 1. The van der Waals surface area contributed by atoms with Crippen LogP contribution in [0.2, 0.25) is 0 Å². The standard InChI is InChI=1S/C28H31N3O5/c1-18-29-30-28(35-18)27-14-24-25(3-2-4-26(24)36-27)34-17-23(32)15-31-10-7-20(8-11-31)21-6-5-19-9-12-33-16-22(19)13-21/h2-6,13-14,20,23,32H,7-12,15-17H2,1H3/t23-/m0/s1. The van der Waals surface area contributed by atoms with E-state index in [-0.39, 0.29) is 6.61 Å². The van der Waals surface area contributed by atoms with Gasteiger partial charge in [0.15, 0.2) is 5.76 Å². The summed E-state index contributed by atoms with van der Waals surface area (Å²) in [4.78, 5) is 2.33. The molecule has 36 heavy (non-hydrogen) atoms. The van der Waals surface area contributed by atoms with E-state index in [2.05, 4.69) is 33.3 Å². The lowest BCUT2D eigenvalue weighted by Crippen LogP contribution is -2.40. The van der Waals surface area contributed by atoms with E-state index in [1.165, 1.54) is 16.7 Å². The van der Waals surface area contributed by atoms with E-state index in [4.69, 9.17) is 18.3 Å². The molecule has 0 saturated carbocycles. The maximum absolute atomic E-state index is 10.7. The second kappa shape index (κ2) is 10.0. The minimum Gasteiger partial charge on any atom is -0.490 e. The first-order valence-electron chi connectivity index (χ1n) is 12.7. The number of aliphatic hydroxyl groups is 1. The molecule has 2 aromatic carbocycles. The van der Waals surface area contributed by atoms with Crippen molar-refractivity contribution in [2.75, 3.05) is 32.8 Å². The molecule has 2 aromatic heterocycles. The van der Waals surface area contributed by atoms with Crippen molar-refractivity contribution in [1.29, 1.82) is 0 Å². The van der Waals surface area contributed by atoms with Crippen LogP contribution in [0.25, 0.3) is 22.6 Å². The number of ether oxygens (including phenoxy) is 2. The molecule has 1 atom stereocenters. The quantitative estimate of drug-likeness (QED) is 0.406. The molecule has 0 aliphatic carbocycles. The van der Waals surface area contributed by atoms with E-state index in [1.54, 1.807) is 6.92 Å². The third-order valence-corrected chi connectivity index (χ3v) is 7.22. The van der Waals surface area contributed by atoms with Crippen molar-refractivity contribution < 1.29 is 23.4 Å². The summed E-state index contributed by atoms with van der Waals surface area (Å²) in [5, 5.41) is 19.4. The Morgan fingerprint density at radius 3 is 2.81 bits per heavy atom. The number of hydrogen-bond acceptors (Lipinski definition) is 8. The first-order valence-corrected chi connectivity index (χ1v) is 12.7. The zero-order chi connectivity index (χ0) is 24.5. The summed E-state index contributed by atoms with van der Waals surface area (Å²) in [5.74, 6) is 2.54. The van der Waals surface area contributed by atoms with E-state index in [9.17, 15) is 5.11 Å². The Hall–Kier alpha value is -3.20. The average molecular weight is 490 g/mol. The monoisotopic (exact) mass is 489 g/mol. The van der Waals surface area contributed by atoms with Crippen molar-refractivity contribution in [2.24, 2.45) is 0 Å². The van der Waals surface area contributed by atoms with Crippen molar-refractivity contribution in [3.05, 3.63) is 65.0 Å². The molecule has 1 N–H and O–H groups in total. The Kier molecular flexibility index (Phi) is 6.48. The Balaban J connectivity index is 1.03. The highest BCUT2D eigenvalue weighted by Gasteiger charge is 2.24. The number of piperidine rings is 1. The maximum atomic E-state index is 10.7. The number of nitrogens with zero attached hydrogens (tertiary/aromatic N) is 3. The van der Waals surface area contributed by atoms with Gasteiger partial charge in [-0.25, -0.2) is 0 Å². The van der Waals surface area contributed by atoms with Gasteiger partial charge in [-0.05, 0) is 67.1 Å². The van der Waals surface area contributed by atoms with Gasteiger partial charge in [-0.3, -0.25) is 0 Å². The summed E-state index contributed by atoms with van der Waals surface area (Å²) in [6, 6.07) is 14.4. The van der Waals surface area contributed by atoms with E-state index < -0.39 is 6.10 Å². The van der Waals surface area contributed by atoms with E-state index in [0.29, 0.717) is 41.3 Å². The van der Waals surface area contributed by atoms with E-state index in [1.807, 2.05) is 24.3 Å². The molecule has 4 heterocycles. The van der Waals surface area contributed by atoms with Crippen LogP contribution in [0, 0.1) is 6.92 Å². The minimum absolute atomic E-state index is 0.212. The molecule has 6 rings (SSSR count). The summed E-state index contributed by atoms with van der Waals surface area (Å²) in [6.07, 6.45) is 2.63. The molecule has 2 aliphatic rings. The number of aryl methyl sites for hydroxylation is 1. The first-order chi connectivity index (χ1) is 17.6. The summed E-state index contributed by atoms with van der Waals surface area (Å²) in [5.41, 5.74) is 4.87. The van der Waals surface area contributed by atoms with Gasteiger partial charge in [-0.1, -0.05) is 24.3 Å². The van der Waals surface area contributed by atoms with Gasteiger partial charge in [0.2, 0.25) is 5.89 Å². The third-order valence-electron chi connectivity index (χ3n) is 7.22. The fourth-order valence-corrected chi connectivity index (χ4v) is 5.29. The SMILES string of the molecule is Cc1nnc(-c2cc3c(OC[C@@H](O)CN4CCC(c5ccc6c(c5)COCC6)CC4)cccc3o2)o1. The van der Waals surface area contributed by atoms with Crippen LogP contribution in [-0.4, -0.2) is 59.2 Å². The van der Waals surface area contributed by atoms with Crippen LogP contribution < -0.4 is 4.74 Å². The molecule has 1 fully saturated rings. The van der Waals surface area contributed by atoms with Gasteiger partial charge in [0.05, 0.1) is 18.6 Å². The van der Waals surface area contributed by atoms with Gasteiger partial charge in [0, 0.05) is 19.5 Å². The van der Waals surface area contributed by atoms with Crippen molar-refractivity contribution in [1.82, 2.24) is 15.1 Å². The average Bonchev–Trinajstić information content (AvgIpc) is 3.54. The molecule has 8 nitrogen and oxygen atoms in total. The van der Waals surface area contributed by atoms with Crippen molar-refractivity contribution in [3.8, 4) is 17.4 Å². The molecule has 4 aromatic rings. The van der Waals surface area contributed by atoms with Gasteiger partial charge < -0.3 is 28.3 Å². The number of fused-ring (bicyclic) bond motifs is 2. The lowest BCUT2D eigenvalue weighted by atomic mass is 9.87. The fourth-order valence-electron chi connectivity index (χ4n) is 5.29. The van der Waals surface area contributed by atoms with Gasteiger partial charge in [-0.15, -0.1) is 10.2 Å². The maximum Gasteiger partial charge on any atom is 0.283 e. The third kappa shape index (κ3) is 4.89. The number of likely N-dealkylation sites (tertiary alicyclic amines) is 1. The Morgan fingerprint density at radius 2 is 1.97 bits per heavy atom. The van der Waals surface area contributed by atoms with E-state index >= 15 is 0 Å². The number of hydrogen-bond donors (Lipinski definition) is 1. The van der Waals surface area contributed by atoms with Crippen molar-refractivity contribution >= 4 is 11.0 Å². The molecular weight excluding hydrogens is 458 g/mol. The summed E-state index contributed by atoms with van der Waals surface area (Å²) in [7, 11) is 0. The van der Waals surface area contributed by atoms with Gasteiger partial charge in [0.25, 0.3) is 5.89 Å². The van der Waals surface area contributed by atoms with Gasteiger partial charge in [0.1, 0.15) is 24.0 Å². The molecule has 0 amide bonds. The lowest BCUT2D eigenvalue weighted by molar-refractivity contribution is 0.0599. The van der Waals surface area contributed by atoms with Crippen molar-refractivity contribution in [2.45, 2.75) is 44.8 Å². The number of rotatable bonds is 7. The number of β-amino-alcohol motifs (C(OH)–C–C–N with tert-alkyl or cyclic N) is 1. The zero-order valence-electron chi connectivity index (χ0n) is 20.5. The molecule has 1 saturated heterocycles. The van der Waals surface area contributed by atoms with Crippen LogP contribution in [0.1, 0.15) is 41.3 Å². The summed E-state index contributed by atoms with van der Waals surface area (Å²) >= 11 is 0. The molecule has 8 heteroatoms. The smallest absolute Gasteiger partial charge is 0.283 e. The molecule has 0 spiro atoms. The van der Waals surface area contributed by atoms with Crippen LogP contribution in [0.3, 0.4) is 0 Å². The van der Waals surface area contributed by atoms with Crippen molar-refractivity contribution in [3.63, 3.8) is 0 Å². The topological polar surface area (TPSA) is 94.0 Å². The largest absolute Gasteiger partial charge is 0.490 e. The highest BCUT2D eigenvalue weighted by molar-refractivity contribution is 5.87. The summed E-state index contributed by atoms with van der Waals surface area (Å²) < 4.78 is 23.0. The molecule has 0 unspecified atom stereocenters. The minimum atomic E-state index is -0.581. The van der Waals surface area contributed by atoms with Gasteiger partial charge in [-0.2, -0.15) is 0 Å². The molecular formula is C28H31N3O5. The first kappa shape index (κ1) is 23.2. The second-order valence-corrected chi connectivity index (χ2v) is 9.78. The fraction of sp³-hybridized carbons (Fsp3) is 0.429. The normalized spacial score (nSPS) is 17.8. The number of aromatic nitrogens is 2. The predicted octanol–water partition coefficient (Wildman–Crippen LogP) is 4.48. The summed E-state index contributed by atoms with van der Waals surface area (Å²) in [6.45, 7) is 6.05. The van der Waals surface area contributed by atoms with Crippen LogP contribution in [0.5, 0.6) is 5.75 Å². The lowest BCUT2D eigenvalue weighted by Gasteiger charge is -2.33. The molecule has 0 radical (unpaired) electrons. The Bertz CT molecular complexity index is 1340. The Morgan fingerprint density at radius 1 is 1.08 bits per heavy atom. The van der Waals surface area contributed by atoms with Crippen LogP contribution in [-0.2, 0) is 17.8 Å². The van der Waals surface area contributed by atoms with Crippen LogP contribution in [0.4, 0.5) is 0 Å². The zero-order valence-corrected chi connectivity index (χ0v) is 20.5.